The van der Waals surface area contributed by atoms with Crippen LogP contribution in [0.25, 0.3) is 22.2 Å². The van der Waals surface area contributed by atoms with Crippen molar-refractivity contribution in [3.63, 3.8) is 0 Å². The number of para-hydroxylation sites is 1. The molecule has 0 bridgehead atoms. The fourth-order valence-electron chi connectivity index (χ4n) is 2.40. The molecule has 0 saturated heterocycles. The molecule has 23 heavy (non-hydrogen) atoms. The van der Waals surface area contributed by atoms with E-state index in [0.717, 1.165) is 23.0 Å². The van der Waals surface area contributed by atoms with E-state index in [-0.39, 0.29) is 5.56 Å². The van der Waals surface area contributed by atoms with Crippen LogP contribution >= 0.6 is 0 Å². The van der Waals surface area contributed by atoms with E-state index in [2.05, 4.69) is 4.98 Å². The van der Waals surface area contributed by atoms with Gasteiger partial charge in [0.25, 0.3) is 0 Å². The molecule has 1 heterocycles. The number of benzene rings is 2. The van der Waals surface area contributed by atoms with Crippen molar-refractivity contribution in [1.29, 1.82) is 0 Å². The molecule has 120 valence electrons. The third-order valence-electron chi connectivity index (χ3n) is 3.43. The van der Waals surface area contributed by atoms with Crippen LogP contribution in [-0.4, -0.2) is 13.4 Å². The number of alkyl halides is 3. The van der Waals surface area contributed by atoms with Crippen molar-refractivity contribution in [3.8, 4) is 11.3 Å². The van der Waals surface area contributed by atoms with Gasteiger partial charge in [-0.3, -0.25) is 0 Å². The van der Waals surface area contributed by atoms with Gasteiger partial charge in [-0.1, -0.05) is 24.3 Å². The van der Waals surface area contributed by atoms with E-state index < -0.39 is 26.7 Å². The van der Waals surface area contributed by atoms with E-state index in [9.17, 15) is 21.6 Å². The molecule has 0 unspecified atom stereocenters. The van der Waals surface area contributed by atoms with Crippen molar-refractivity contribution in [2.24, 2.45) is 5.14 Å². The lowest BCUT2D eigenvalue weighted by Crippen LogP contribution is -2.19. The molecule has 3 rings (SSSR count). The maximum absolute atomic E-state index is 13.1. The minimum Gasteiger partial charge on any atom is -0.355 e. The molecule has 0 amide bonds. The lowest BCUT2D eigenvalue weighted by molar-refractivity contribution is -0.139. The van der Waals surface area contributed by atoms with Gasteiger partial charge in [0.05, 0.1) is 10.5 Å². The molecule has 4 nitrogen and oxygen atoms in total. The van der Waals surface area contributed by atoms with E-state index in [4.69, 9.17) is 5.14 Å². The van der Waals surface area contributed by atoms with Gasteiger partial charge in [0.2, 0.25) is 10.0 Å². The lowest BCUT2D eigenvalue weighted by Gasteiger charge is -2.12. The zero-order chi connectivity index (χ0) is 16.8. The summed E-state index contributed by atoms with van der Waals surface area (Å²) in [7, 11) is -4.47. The number of aromatic nitrogens is 1. The van der Waals surface area contributed by atoms with Crippen LogP contribution in [0.4, 0.5) is 13.2 Å². The van der Waals surface area contributed by atoms with Gasteiger partial charge in [0.15, 0.2) is 0 Å². The Labute approximate surface area is 129 Å². The summed E-state index contributed by atoms with van der Waals surface area (Å²) in [5.74, 6) is 0. The monoisotopic (exact) mass is 340 g/mol. The van der Waals surface area contributed by atoms with Crippen LogP contribution in [0.3, 0.4) is 0 Å². The van der Waals surface area contributed by atoms with Gasteiger partial charge in [-0.25, -0.2) is 13.6 Å². The Bertz CT molecular complexity index is 958. The molecule has 3 aromatic rings. The van der Waals surface area contributed by atoms with Crippen LogP contribution in [0.2, 0.25) is 0 Å². The van der Waals surface area contributed by atoms with Crippen LogP contribution in [0.15, 0.2) is 53.4 Å². The number of H-pyrrole nitrogens is 1. The first-order valence-corrected chi connectivity index (χ1v) is 8.03. The zero-order valence-electron chi connectivity index (χ0n) is 11.6. The summed E-state index contributed by atoms with van der Waals surface area (Å²) in [6, 6.07) is 11.9. The maximum Gasteiger partial charge on any atom is 0.417 e. The van der Waals surface area contributed by atoms with Gasteiger partial charge in [-0.2, -0.15) is 13.2 Å². The number of aromatic amines is 1. The number of sulfonamides is 1. The van der Waals surface area contributed by atoms with E-state index in [0.29, 0.717) is 5.69 Å². The minimum atomic E-state index is -4.83. The molecule has 0 spiro atoms. The van der Waals surface area contributed by atoms with Gasteiger partial charge >= 0.3 is 6.18 Å². The predicted molar refractivity (Wildman–Crippen MR) is 80.1 cm³/mol. The highest BCUT2D eigenvalue weighted by atomic mass is 32.2. The second-order valence-electron chi connectivity index (χ2n) is 5.02. The standard InChI is InChI=1S/C15H11F3N2O2S/c16-15(17,18)11-7-10(5-6-14(11)23(19,21)22)13-8-9-3-1-2-4-12(9)20-13/h1-8,20H,(H2,19,21,22). The lowest BCUT2D eigenvalue weighted by atomic mass is 10.1. The quantitative estimate of drug-likeness (QED) is 0.749. The van der Waals surface area contributed by atoms with Crippen LogP contribution in [0, 0.1) is 0 Å². The van der Waals surface area contributed by atoms with E-state index in [1.54, 1.807) is 18.2 Å². The van der Waals surface area contributed by atoms with Crippen LogP contribution in [-0.2, 0) is 16.2 Å². The second kappa shape index (κ2) is 5.10. The summed E-state index contributed by atoms with van der Waals surface area (Å²) < 4.78 is 62.2. The van der Waals surface area contributed by atoms with Crippen molar-refractivity contribution in [2.45, 2.75) is 11.1 Å². The van der Waals surface area contributed by atoms with Crippen molar-refractivity contribution < 1.29 is 21.6 Å². The van der Waals surface area contributed by atoms with E-state index in [1.165, 1.54) is 6.07 Å². The first-order valence-electron chi connectivity index (χ1n) is 6.48. The van der Waals surface area contributed by atoms with Crippen LogP contribution < -0.4 is 5.14 Å². The molecular formula is C15H11F3N2O2S. The summed E-state index contributed by atoms with van der Waals surface area (Å²) >= 11 is 0. The Morgan fingerprint density at radius 3 is 2.30 bits per heavy atom. The Balaban J connectivity index is 2.21. The highest BCUT2D eigenvalue weighted by molar-refractivity contribution is 7.89. The Hall–Kier alpha value is -2.32. The van der Waals surface area contributed by atoms with Gasteiger partial charge in [0, 0.05) is 16.6 Å². The van der Waals surface area contributed by atoms with Crippen molar-refractivity contribution >= 4 is 20.9 Å². The number of hydrogen-bond donors (Lipinski definition) is 2. The van der Waals surface area contributed by atoms with Gasteiger partial charge in [-0.05, 0) is 29.8 Å². The average molecular weight is 340 g/mol. The van der Waals surface area contributed by atoms with Gasteiger partial charge in [0.1, 0.15) is 0 Å². The fourth-order valence-corrected chi connectivity index (χ4v) is 3.13. The Morgan fingerprint density at radius 2 is 1.70 bits per heavy atom. The molecule has 8 heteroatoms. The average Bonchev–Trinajstić information content (AvgIpc) is 2.88. The first kappa shape index (κ1) is 15.6. The Kier molecular flexibility index (Phi) is 3.46. The molecular weight excluding hydrogens is 329 g/mol. The summed E-state index contributed by atoms with van der Waals surface area (Å²) in [6.07, 6.45) is -4.83. The highest BCUT2D eigenvalue weighted by Crippen LogP contribution is 2.36. The molecule has 0 radical (unpaired) electrons. The molecule has 2 aromatic carbocycles. The maximum atomic E-state index is 13.1. The number of primary sulfonamides is 1. The molecule has 0 aliphatic rings. The van der Waals surface area contributed by atoms with Crippen LogP contribution in [0.1, 0.15) is 5.56 Å². The molecule has 0 aliphatic carbocycles. The number of halogens is 3. The number of nitrogens with two attached hydrogens (primary N) is 1. The van der Waals surface area contributed by atoms with E-state index in [1.807, 2.05) is 12.1 Å². The fraction of sp³-hybridized carbons (Fsp3) is 0.0667. The number of hydrogen-bond acceptors (Lipinski definition) is 2. The number of rotatable bonds is 2. The zero-order valence-corrected chi connectivity index (χ0v) is 12.4. The van der Waals surface area contributed by atoms with Gasteiger partial charge in [-0.15, -0.1) is 0 Å². The van der Waals surface area contributed by atoms with Crippen molar-refractivity contribution in [3.05, 3.63) is 54.1 Å². The largest absolute Gasteiger partial charge is 0.417 e. The number of nitrogens with one attached hydrogen (secondary N) is 1. The summed E-state index contributed by atoms with van der Waals surface area (Å²) in [4.78, 5) is 2.06. The highest BCUT2D eigenvalue weighted by Gasteiger charge is 2.36. The SMILES string of the molecule is NS(=O)(=O)c1ccc(-c2cc3ccccc3[nH]2)cc1C(F)(F)F. The van der Waals surface area contributed by atoms with Crippen molar-refractivity contribution in [1.82, 2.24) is 4.98 Å². The molecule has 0 saturated carbocycles. The van der Waals surface area contributed by atoms with Gasteiger partial charge < -0.3 is 4.98 Å². The smallest absolute Gasteiger partial charge is 0.355 e. The predicted octanol–water partition coefficient (Wildman–Crippen LogP) is 3.50. The molecule has 0 aliphatic heterocycles. The normalized spacial score (nSPS) is 12.7. The van der Waals surface area contributed by atoms with Crippen LogP contribution in [0.5, 0.6) is 0 Å². The molecule has 0 atom stereocenters. The second-order valence-corrected chi connectivity index (χ2v) is 6.55. The molecule has 1 aromatic heterocycles. The first-order chi connectivity index (χ1) is 10.7. The van der Waals surface area contributed by atoms with E-state index >= 15 is 0 Å². The summed E-state index contributed by atoms with van der Waals surface area (Å²) in [5.41, 5.74) is 0.168. The molecule has 0 fully saturated rings. The summed E-state index contributed by atoms with van der Waals surface area (Å²) in [6.45, 7) is 0. The minimum absolute atomic E-state index is 0.223. The third-order valence-corrected chi connectivity index (χ3v) is 4.40. The number of fused-ring (bicyclic) bond motifs is 1. The van der Waals surface area contributed by atoms with Crippen molar-refractivity contribution in [2.75, 3.05) is 0 Å². The topological polar surface area (TPSA) is 76.0 Å². The summed E-state index contributed by atoms with van der Waals surface area (Å²) in [5, 5.41) is 5.71. The Morgan fingerprint density at radius 1 is 1.00 bits per heavy atom. The molecule has 3 N–H and O–H groups in total. The third kappa shape index (κ3) is 2.95.